The van der Waals surface area contributed by atoms with Gasteiger partial charge in [-0.15, -0.1) is 6.58 Å². The summed E-state index contributed by atoms with van der Waals surface area (Å²) in [5, 5.41) is 29.1. The van der Waals surface area contributed by atoms with Gasteiger partial charge in [0.05, 0.1) is 18.1 Å². The van der Waals surface area contributed by atoms with E-state index in [9.17, 15) is 24.6 Å². The molecule has 3 heterocycles. The molecular weight excluding hydrogens is 608 g/mol. The van der Waals surface area contributed by atoms with Crippen molar-refractivity contribution < 1.29 is 24.6 Å². The number of amides is 3. The number of rotatable bonds is 10. The Labute approximate surface area is 280 Å². The molecule has 11 heteroatoms. The first-order valence-electron chi connectivity index (χ1n) is 16.3. The number of para-hydroxylation sites is 1. The smallest absolute Gasteiger partial charge is 0.334 e. The number of carbonyl (C=O) groups is 3. The summed E-state index contributed by atoms with van der Waals surface area (Å²) in [6.45, 7) is 6.71. The van der Waals surface area contributed by atoms with E-state index < -0.39 is 18.4 Å². The van der Waals surface area contributed by atoms with E-state index in [1.165, 1.54) is 0 Å². The molecule has 1 aromatic heterocycles. The quantitative estimate of drug-likeness (QED) is 0.175. The number of urea groups is 1. The van der Waals surface area contributed by atoms with Gasteiger partial charge in [-0.25, -0.2) is 14.8 Å². The molecule has 2 aliphatic heterocycles. The lowest BCUT2D eigenvalue weighted by Gasteiger charge is -2.57. The Balaban J connectivity index is 1.39. The Morgan fingerprint density at radius 1 is 1.02 bits per heavy atom. The van der Waals surface area contributed by atoms with Crippen molar-refractivity contribution in [3.05, 3.63) is 114 Å². The van der Waals surface area contributed by atoms with Crippen LogP contribution in [0, 0.1) is 0 Å². The minimum atomic E-state index is -1.08. The number of hydrazine groups is 1. The van der Waals surface area contributed by atoms with Gasteiger partial charge in [-0.3, -0.25) is 14.5 Å². The first-order valence-corrected chi connectivity index (χ1v) is 16.3. The van der Waals surface area contributed by atoms with Gasteiger partial charge in [0, 0.05) is 56.8 Å². The number of hydrogen-bond donors (Lipinski definition) is 3. The highest BCUT2D eigenvalue weighted by atomic mass is 16.3. The van der Waals surface area contributed by atoms with E-state index in [0.717, 1.165) is 27.6 Å². The van der Waals surface area contributed by atoms with Gasteiger partial charge in [-0.1, -0.05) is 73.7 Å². The number of fused-ring (bicyclic) bond motifs is 2. The van der Waals surface area contributed by atoms with Crippen molar-refractivity contribution in [1.82, 2.24) is 29.7 Å². The van der Waals surface area contributed by atoms with E-state index >= 15 is 0 Å². The number of aliphatic hydroxyl groups is 1. The van der Waals surface area contributed by atoms with Crippen LogP contribution in [-0.2, 0) is 31.4 Å². The van der Waals surface area contributed by atoms with Gasteiger partial charge in [-0.2, -0.15) is 0 Å². The molecule has 11 nitrogen and oxygen atoms in total. The summed E-state index contributed by atoms with van der Waals surface area (Å²) >= 11 is 0. The summed E-state index contributed by atoms with van der Waals surface area (Å²) in [5.74, 6) is -0.0290. The van der Waals surface area contributed by atoms with E-state index in [-0.39, 0.29) is 43.1 Å². The summed E-state index contributed by atoms with van der Waals surface area (Å²) in [6, 6.07) is 21.1. The topological polar surface area (TPSA) is 122 Å². The largest absolute Gasteiger partial charge is 0.508 e. The average Bonchev–Trinajstić information content (AvgIpc) is 3.43. The molecule has 3 aromatic carbocycles. The van der Waals surface area contributed by atoms with E-state index in [1.807, 2.05) is 78.2 Å². The maximum absolute atomic E-state index is 14.0. The van der Waals surface area contributed by atoms with Crippen LogP contribution in [0.1, 0.15) is 40.4 Å². The standard InChI is InChI=1S/C37H42N6O5/c1-4-18-41-24-34(46)42-31(19-25-14-16-28(44)17-15-25)36(47)40(23-33(42)43(41)37(48)38-20-26-10-7-6-8-11-26)21-27-12-9-13-29-30(32(45)5-2)22-39(3)35(27)29/h4,6-17,22,31,33,36,44,47H,1,5,18-21,23-24H2,2-3H3,(H,38,48). The molecule has 2 fully saturated rings. The number of hydrogen-bond acceptors (Lipinski definition) is 7. The average molecular weight is 651 g/mol. The summed E-state index contributed by atoms with van der Waals surface area (Å²) in [4.78, 5) is 44.3. The molecule has 2 aliphatic rings. The number of aromatic hydroxyl groups is 1. The molecule has 0 radical (unpaired) electrons. The molecule has 3 N–H and O–H groups in total. The van der Waals surface area contributed by atoms with Gasteiger partial charge < -0.3 is 25.0 Å². The molecular formula is C37H42N6O5. The van der Waals surface area contributed by atoms with E-state index in [2.05, 4.69) is 11.9 Å². The van der Waals surface area contributed by atoms with Crippen molar-refractivity contribution in [2.45, 2.75) is 51.3 Å². The molecule has 3 unspecified atom stereocenters. The highest BCUT2D eigenvalue weighted by Gasteiger charge is 2.51. The fourth-order valence-electron chi connectivity index (χ4n) is 7.03. The third-order valence-electron chi connectivity index (χ3n) is 9.28. The molecule has 3 amide bonds. The molecule has 4 aromatic rings. The van der Waals surface area contributed by atoms with Gasteiger partial charge in [0.25, 0.3) is 0 Å². The van der Waals surface area contributed by atoms with Crippen molar-refractivity contribution >= 4 is 28.6 Å². The van der Waals surface area contributed by atoms with Gasteiger partial charge in [0.2, 0.25) is 5.91 Å². The Kier molecular flexibility index (Phi) is 9.63. The van der Waals surface area contributed by atoms with Crippen LogP contribution >= 0.6 is 0 Å². The maximum Gasteiger partial charge on any atom is 0.334 e. The number of nitrogens with one attached hydrogen (secondary N) is 1. The lowest BCUT2D eigenvalue weighted by atomic mass is 9.97. The monoisotopic (exact) mass is 650 g/mol. The predicted molar refractivity (Wildman–Crippen MR) is 182 cm³/mol. The van der Waals surface area contributed by atoms with Crippen LogP contribution in [0.15, 0.2) is 91.6 Å². The normalized spacial score (nSPS) is 20.1. The lowest BCUT2D eigenvalue weighted by molar-refractivity contribution is -0.210. The van der Waals surface area contributed by atoms with Gasteiger partial charge >= 0.3 is 6.03 Å². The number of carbonyl (C=O) groups excluding carboxylic acids is 3. The van der Waals surface area contributed by atoms with E-state index in [4.69, 9.17) is 0 Å². The number of aliphatic hydroxyl groups excluding tert-OH is 1. The Morgan fingerprint density at radius 2 is 1.77 bits per heavy atom. The molecule has 0 aliphatic carbocycles. The highest BCUT2D eigenvalue weighted by molar-refractivity contribution is 6.08. The fraction of sp³-hybridized carbons (Fsp3) is 0.324. The van der Waals surface area contributed by atoms with Gasteiger partial charge in [0.1, 0.15) is 18.1 Å². The number of nitrogens with zero attached hydrogens (tertiary/aromatic N) is 5. The first kappa shape index (κ1) is 33.0. The third-order valence-corrected chi connectivity index (χ3v) is 9.28. The lowest BCUT2D eigenvalue weighted by Crippen LogP contribution is -2.77. The summed E-state index contributed by atoms with van der Waals surface area (Å²) in [7, 11) is 1.91. The SMILES string of the molecule is C=CCN1CC(=O)N2C(Cc3ccc(O)cc3)C(O)N(Cc3cccc4c(C(=O)CC)cn(C)c34)CC2N1C(=O)NCc1ccccc1. The zero-order valence-electron chi connectivity index (χ0n) is 27.3. The van der Waals surface area contributed by atoms with Crippen LogP contribution in [-0.4, -0.2) is 90.4 Å². The molecule has 250 valence electrons. The zero-order valence-corrected chi connectivity index (χ0v) is 27.3. The Bertz CT molecular complexity index is 1810. The number of benzene rings is 3. The van der Waals surface area contributed by atoms with Crippen LogP contribution in [0.3, 0.4) is 0 Å². The number of Topliss-reactive ketones (excluding diaryl/α,β-unsaturated/α-hetero) is 1. The summed E-state index contributed by atoms with van der Waals surface area (Å²) in [6.07, 6.45) is 2.39. The van der Waals surface area contributed by atoms with Crippen LogP contribution in [0.2, 0.25) is 0 Å². The number of phenols is 1. The van der Waals surface area contributed by atoms with Crippen LogP contribution in [0.5, 0.6) is 5.75 Å². The molecule has 0 spiro atoms. The summed E-state index contributed by atoms with van der Waals surface area (Å²) in [5.41, 5.74) is 4.22. The van der Waals surface area contributed by atoms with Crippen LogP contribution in [0.4, 0.5) is 4.79 Å². The van der Waals surface area contributed by atoms with Gasteiger partial charge in [0.15, 0.2) is 5.78 Å². The molecule has 6 rings (SSSR count). The molecule has 0 bridgehead atoms. The summed E-state index contributed by atoms with van der Waals surface area (Å²) < 4.78 is 1.95. The Hall–Kier alpha value is -4.97. The van der Waals surface area contributed by atoms with E-state index in [0.29, 0.717) is 31.5 Å². The van der Waals surface area contributed by atoms with Crippen molar-refractivity contribution in [2.75, 3.05) is 19.6 Å². The molecule has 3 atom stereocenters. The third kappa shape index (κ3) is 6.44. The highest BCUT2D eigenvalue weighted by Crippen LogP contribution is 2.33. The van der Waals surface area contributed by atoms with Crippen molar-refractivity contribution in [3.8, 4) is 5.75 Å². The second-order valence-corrected chi connectivity index (χ2v) is 12.4. The minimum absolute atomic E-state index is 0.0561. The van der Waals surface area contributed by atoms with Crippen LogP contribution < -0.4 is 5.32 Å². The predicted octanol–water partition coefficient (Wildman–Crippen LogP) is 4.01. The molecule has 48 heavy (non-hydrogen) atoms. The number of piperazine rings is 1. The van der Waals surface area contributed by atoms with Crippen molar-refractivity contribution in [1.29, 1.82) is 0 Å². The number of aromatic nitrogens is 1. The second-order valence-electron chi connectivity index (χ2n) is 12.4. The molecule has 2 saturated heterocycles. The van der Waals surface area contributed by atoms with Crippen molar-refractivity contribution in [2.24, 2.45) is 7.05 Å². The van der Waals surface area contributed by atoms with Gasteiger partial charge in [-0.05, 0) is 35.2 Å². The maximum atomic E-state index is 14.0. The molecule has 0 saturated carbocycles. The number of ketones is 1. The van der Waals surface area contributed by atoms with Crippen molar-refractivity contribution in [3.63, 3.8) is 0 Å². The Morgan fingerprint density at radius 3 is 2.48 bits per heavy atom. The number of aryl methyl sites for hydroxylation is 1. The van der Waals surface area contributed by atoms with Crippen LogP contribution in [0.25, 0.3) is 10.9 Å². The fourth-order valence-corrected chi connectivity index (χ4v) is 7.03. The zero-order chi connectivity index (χ0) is 33.9. The first-order chi connectivity index (χ1) is 23.2. The van der Waals surface area contributed by atoms with E-state index in [1.54, 1.807) is 45.3 Å². The number of phenolic OH excluding ortho intramolecular Hbond substituents is 1. The minimum Gasteiger partial charge on any atom is -0.508 e. The second kappa shape index (κ2) is 14.0.